The number of alkyl halides is 1. The van der Waals surface area contributed by atoms with Gasteiger partial charge in [0.05, 0.1) is 28.6 Å². The standard InChI is InChI=1S/C48H63F3N6O5Si/c1-28(2)63(29(3)4,30(5)6)18-17-36-39(50)16-13-31-19-35(61-27-59-12)20-37(40(31)36)42-41(51)43-38(22-52-42)44(54-45(53-43)60-26-48(10)21-32(49)23-55(48)11)56-24-33-14-15-34(25-56)57(33)46(58)62-47(7,8)9/h13,16,19-20,22,28-30,32-34H,14-15,21,23-27H2,1-12H3/t32-,33-,34+,48+/m1/s1. The number of likely N-dealkylation sites (tertiary alicyclic amines) is 1. The van der Waals surface area contributed by atoms with Gasteiger partial charge in [-0.25, -0.2) is 18.0 Å². The molecule has 0 radical (unpaired) electrons. The first-order valence-corrected chi connectivity index (χ1v) is 24.4. The van der Waals surface area contributed by atoms with Crippen LogP contribution in [0.15, 0.2) is 30.5 Å². The number of methoxy groups -OCH3 is 1. The first-order chi connectivity index (χ1) is 29.7. The van der Waals surface area contributed by atoms with Crippen molar-refractivity contribution in [1.29, 1.82) is 0 Å². The summed E-state index contributed by atoms with van der Waals surface area (Å²) in [5, 5.41) is 1.32. The molecule has 0 spiro atoms. The van der Waals surface area contributed by atoms with E-state index in [9.17, 15) is 9.18 Å². The zero-order chi connectivity index (χ0) is 45.8. The molecule has 7 rings (SSSR count). The molecule has 11 nitrogen and oxygen atoms in total. The molecule has 63 heavy (non-hydrogen) atoms. The Hall–Kier alpha value is -4.65. The van der Waals surface area contributed by atoms with Crippen LogP contribution in [0.2, 0.25) is 16.6 Å². The molecule has 1 amide bonds. The van der Waals surface area contributed by atoms with Crippen molar-refractivity contribution in [3.8, 4) is 34.5 Å². The fourth-order valence-electron chi connectivity index (χ4n) is 10.3. The number of ether oxygens (including phenoxy) is 4. The number of hydrogen-bond donors (Lipinski definition) is 0. The molecule has 0 unspecified atom stereocenters. The molecule has 15 heteroatoms. The maximum Gasteiger partial charge on any atom is 0.410 e. The number of nitrogens with zero attached hydrogens (tertiary/aromatic N) is 6. The van der Waals surface area contributed by atoms with Gasteiger partial charge in [0, 0.05) is 50.3 Å². The summed E-state index contributed by atoms with van der Waals surface area (Å²) in [7, 11) is 1.02. The van der Waals surface area contributed by atoms with E-state index in [0.717, 1.165) is 12.8 Å². The van der Waals surface area contributed by atoms with Crippen LogP contribution >= 0.6 is 0 Å². The Morgan fingerprint density at radius 1 is 0.984 bits per heavy atom. The fraction of sp³-hybridized carbons (Fsp3) is 0.583. The van der Waals surface area contributed by atoms with Crippen molar-refractivity contribution < 1.29 is 36.9 Å². The number of hydrogen-bond acceptors (Lipinski definition) is 10. The number of benzene rings is 2. The molecule has 0 aliphatic carbocycles. The Morgan fingerprint density at radius 2 is 1.65 bits per heavy atom. The maximum absolute atomic E-state index is 17.8. The molecular formula is C48H63F3N6O5Si. The molecule has 340 valence electrons. The van der Waals surface area contributed by atoms with Gasteiger partial charge in [-0.1, -0.05) is 53.5 Å². The van der Waals surface area contributed by atoms with Crippen molar-refractivity contribution in [3.63, 3.8) is 0 Å². The van der Waals surface area contributed by atoms with Crippen molar-refractivity contribution in [2.45, 2.75) is 135 Å². The van der Waals surface area contributed by atoms with E-state index in [-0.39, 0.29) is 72.9 Å². The third-order valence-corrected chi connectivity index (χ3v) is 19.8. The number of aromatic nitrogens is 3. The Balaban J connectivity index is 1.41. The quantitative estimate of drug-likeness (QED) is 0.0822. The third kappa shape index (κ3) is 8.92. The van der Waals surface area contributed by atoms with Crippen LogP contribution in [0.1, 0.15) is 94.1 Å². The smallest absolute Gasteiger partial charge is 0.410 e. The third-order valence-electron chi connectivity index (χ3n) is 13.5. The van der Waals surface area contributed by atoms with Gasteiger partial charge in [0.1, 0.15) is 55.0 Å². The monoisotopic (exact) mass is 888 g/mol. The van der Waals surface area contributed by atoms with Crippen LogP contribution in [0.5, 0.6) is 11.8 Å². The van der Waals surface area contributed by atoms with E-state index in [4.69, 9.17) is 28.9 Å². The van der Waals surface area contributed by atoms with Crippen LogP contribution in [-0.4, -0.2) is 116 Å². The lowest BCUT2D eigenvalue weighted by atomic mass is 9.95. The lowest BCUT2D eigenvalue weighted by molar-refractivity contribution is 0.0122. The average molecular weight is 889 g/mol. The number of halogens is 3. The Bertz CT molecular complexity index is 2400. The highest BCUT2D eigenvalue weighted by Gasteiger charge is 2.46. The van der Waals surface area contributed by atoms with Gasteiger partial charge >= 0.3 is 12.1 Å². The Labute approximate surface area is 371 Å². The van der Waals surface area contributed by atoms with Gasteiger partial charge in [-0.3, -0.25) is 14.8 Å². The number of carbonyl (C=O) groups excluding carboxylic acids is 1. The first kappa shape index (κ1) is 46.3. The summed E-state index contributed by atoms with van der Waals surface area (Å²) >= 11 is 0. The molecule has 3 saturated heterocycles. The summed E-state index contributed by atoms with van der Waals surface area (Å²) in [4.78, 5) is 33.5. The predicted octanol–water partition coefficient (Wildman–Crippen LogP) is 10.1. The minimum atomic E-state index is -2.33. The number of fused-ring (bicyclic) bond motifs is 4. The minimum Gasteiger partial charge on any atom is -0.468 e. The van der Waals surface area contributed by atoms with E-state index in [0.29, 0.717) is 57.4 Å². The van der Waals surface area contributed by atoms with Gasteiger partial charge < -0.3 is 23.8 Å². The van der Waals surface area contributed by atoms with E-state index in [1.165, 1.54) is 13.2 Å². The largest absolute Gasteiger partial charge is 0.468 e. The van der Waals surface area contributed by atoms with Gasteiger partial charge in [-0.2, -0.15) is 9.97 Å². The lowest BCUT2D eigenvalue weighted by Crippen LogP contribution is -2.57. The summed E-state index contributed by atoms with van der Waals surface area (Å²) < 4.78 is 72.0. The summed E-state index contributed by atoms with van der Waals surface area (Å²) in [6.07, 6.45) is 1.96. The molecule has 2 bridgehead atoms. The number of pyridine rings is 1. The zero-order valence-electron chi connectivity index (χ0n) is 38.9. The Kier molecular flexibility index (Phi) is 13.0. The molecule has 5 heterocycles. The van der Waals surface area contributed by atoms with Crippen LogP contribution in [0.25, 0.3) is 32.9 Å². The number of likely N-dealkylation sites (N-methyl/N-ethyl adjacent to an activating group) is 1. The molecule has 4 aromatic rings. The van der Waals surface area contributed by atoms with E-state index in [2.05, 4.69) is 58.0 Å². The van der Waals surface area contributed by atoms with Crippen molar-refractivity contribution in [3.05, 3.63) is 47.7 Å². The van der Waals surface area contributed by atoms with Crippen molar-refractivity contribution in [2.75, 3.05) is 52.1 Å². The first-order valence-electron chi connectivity index (χ1n) is 22.2. The second kappa shape index (κ2) is 17.7. The number of anilines is 1. The predicted molar refractivity (Wildman–Crippen MR) is 244 cm³/mol. The van der Waals surface area contributed by atoms with E-state index in [1.807, 2.05) is 49.4 Å². The molecule has 3 aliphatic rings. The maximum atomic E-state index is 17.8. The van der Waals surface area contributed by atoms with Crippen molar-refractivity contribution in [2.24, 2.45) is 0 Å². The second-order valence-electron chi connectivity index (χ2n) is 19.8. The van der Waals surface area contributed by atoms with E-state index >= 15 is 8.78 Å². The van der Waals surface area contributed by atoms with Gasteiger partial charge in [-0.05, 0) is 87.8 Å². The topological polar surface area (TPSA) is 102 Å². The number of rotatable bonds is 11. The van der Waals surface area contributed by atoms with Crippen molar-refractivity contribution >= 4 is 41.7 Å². The van der Waals surface area contributed by atoms with Crippen LogP contribution in [-0.2, 0) is 9.47 Å². The van der Waals surface area contributed by atoms with Gasteiger partial charge in [0.25, 0.3) is 0 Å². The van der Waals surface area contributed by atoms with Crippen molar-refractivity contribution in [1.82, 2.24) is 24.8 Å². The summed E-state index contributed by atoms with van der Waals surface area (Å²) in [5.74, 6) is 2.80. The van der Waals surface area contributed by atoms with Crippen LogP contribution < -0.4 is 14.4 Å². The molecule has 3 aliphatic heterocycles. The highest BCUT2D eigenvalue weighted by Crippen LogP contribution is 2.43. The normalized spacial score (nSPS) is 21.8. The number of carbonyl (C=O) groups is 1. The molecule has 3 fully saturated rings. The zero-order valence-corrected chi connectivity index (χ0v) is 39.9. The van der Waals surface area contributed by atoms with E-state index in [1.54, 1.807) is 24.4 Å². The van der Waals surface area contributed by atoms with Gasteiger partial charge in [-0.15, -0.1) is 5.54 Å². The molecule has 0 N–H and O–H groups in total. The van der Waals surface area contributed by atoms with Crippen LogP contribution in [0.3, 0.4) is 0 Å². The van der Waals surface area contributed by atoms with Gasteiger partial charge in [0.15, 0.2) is 12.6 Å². The SMILES string of the molecule is COCOc1cc(-c2ncc3c(N4C[C@H]5CC[C@@H](C4)N5C(=O)OC(C)(C)C)nc(OC[C@]4(C)C[C@@H](F)CN4C)nc3c2F)c2c(C#C[Si](C(C)C)(C(C)C)C(C)C)c(F)ccc2c1. The molecule has 2 aromatic carbocycles. The van der Waals surface area contributed by atoms with Crippen LogP contribution in [0.4, 0.5) is 23.8 Å². The number of piperazine rings is 1. The summed E-state index contributed by atoms with van der Waals surface area (Å²) in [6.45, 7) is 21.7. The second-order valence-corrected chi connectivity index (χ2v) is 25.4. The minimum absolute atomic E-state index is 0.0542. The summed E-state index contributed by atoms with van der Waals surface area (Å²) in [5.41, 5.74) is 3.54. The lowest BCUT2D eigenvalue weighted by Gasteiger charge is -2.42. The molecular weight excluding hydrogens is 826 g/mol. The fourth-order valence-corrected chi connectivity index (χ4v) is 15.6. The van der Waals surface area contributed by atoms with E-state index < -0.39 is 37.0 Å². The molecule has 4 atom stereocenters. The highest BCUT2D eigenvalue weighted by atomic mass is 28.3. The van der Waals surface area contributed by atoms with Crippen LogP contribution in [0, 0.1) is 23.1 Å². The molecule has 0 saturated carbocycles. The molecule has 2 aromatic heterocycles. The highest BCUT2D eigenvalue weighted by molar-refractivity contribution is 6.90. The Morgan fingerprint density at radius 3 is 2.24 bits per heavy atom. The summed E-state index contributed by atoms with van der Waals surface area (Å²) in [6, 6.07) is 6.00. The number of amides is 1. The van der Waals surface area contributed by atoms with Gasteiger partial charge in [0.2, 0.25) is 0 Å². The average Bonchev–Trinajstić information content (AvgIpc) is 3.63.